The average Bonchev–Trinajstić information content (AvgIpc) is 2.25. The van der Waals surface area contributed by atoms with Crippen molar-refractivity contribution in [1.82, 2.24) is 0 Å². The van der Waals surface area contributed by atoms with Gasteiger partial charge in [-0.05, 0) is 31.0 Å². The first-order valence-electron chi connectivity index (χ1n) is 5.72. The summed E-state index contributed by atoms with van der Waals surface area (Å²) in [7, 11) is 2.05. The number of amidine groups is 1. The SMILES string of the molecule is CCCCN(C)c1cc(C)ccc1C(=N)N. The molecule has 0 fully saturated rings. The summed E-state index contributed by atoms with van der Waals surface area (Å²) >= 11 is 0. The van der Waals surface area contributed by atoms with Crippen LogP contribution in [-0.4, -0.2) is 19.4 Å². The Bertz CT molecular complexity index is 371. The van der Waals surface area contributed by atoms with Crippen molar-refractivity contribution < 1.29 is 0 Å². The molecule has 0 aliphatic heterocycles. The molecule has 16 heavy (non-hydrogen) atoms. The molecule has 0 bridgehead atoms. The topological polar surface area (TPSA) is 53.1 Å². The number of rotatable bonds is 5. The summed E-state index contributed by atoms with van der Waals surface area (Å²) in [4.78, 5) is 2.17. The molecule has 0 aromatic heterocycles. The van der Waals surface area contributed by atoms with Gasteiger partial charge in [0, 0.05) is 24.8 Å². The van der Waals surface area contributed by atoms with E-state index in [0.29, 0.717) is 0 Å². The molecule has 0 aliphatic carbocycles. The average molecular weight is 219 g/mol. The van der Waals surface area contributed by atoms with E-state index in [1.807, 2.05) is 12.1 Å². The molecule has 3 heteroatoms. The zero-order valence-corrected chi connectivity index (χ0v) is 10.4. The third-order valence-electron chi connectivity index (χ3n) is 2.70. The minimum Gasteiger partial charge on any atom is -0.384 e. The maximum Gasteiger partial charge on any atom is 0.124 e. The zero-order chi connectivity index (χ0) is 12.1. The molecule has 1 aromatic carbocycles. The van der Waals surface area contributed by atoms with Crippen molar-refractivity contribution in [2.24, 2.45) is 5.73 Å². The van der Waals surface area contributed by atoms with E-state index in [9.17, 15) is 0 Å². The number of nitrogens with zero attached hydrogens (tertiary/aromatic N) is 1. The van der Waals surface area contributed by atoms with Gasteiger partial charge in [0.05, 0.1) is 0 Å². The lowest BCUT2D eigenvalue weighted by Gasteiger charge is -2.22. The van der Waals surface area contributed by atoms with Crippen LogP contribution >= 0.6 is 0 Å². The van der Waals surface area contributed by atoms with E-state index < -0.39 is 0 Å². The molecule has 3 N–H and O–H groups in total. The Morgan fingerprint density at radius 2 is 2.12 bits per heavy atom. The molecule has 0 radical (unpaired) electrons. The monoisotopic (exact) mass is 219 g/mol. The number of aryl methyl sites for hydroxylation is 1. The number of nitrogens with two attached hydrogens (primary N) is 1. The normalized spacial score (nSPS) is 10.2. The molecule has 1 rings (SSSR count). The quantitative estimate of drug-likeness (QED) is 0.590. The smallest absolute Gasteiger partial charge is 0.124 e. The maximum atomic E-state index is 7.57. The predicted molar refractivity (Wildman–Crippen MR) is 70.4 cm³/mol. The minimum atomic E-state index is 0.137. The van der Waals surface area contributed by atoms with E-state index >= 15 is 0 Å². The first-order chi connectivity index (χ1) is 7.56. The fraction of sp³-hybridized carbons (Fsp3) is 0.462. The fourth-order valence-electron chi connectivity index (χ4n) is 1.70. The number of unbranched alkanes of at least 4 members (excludes halogenated alkanes) is 1. The second-order valence-electron chi connectivity index (χ2n) is 4.21. The largest absolute Gasteiger partial charge is 0.384 e. The third kappa shape index (κ3) is 2.99. The molecule has 0 unspecified atom stereocenters. The van der Waals surface area contributed by atoms with Gasteiger partial charge in [-0.2, -0.15) is 0 Å². The van der Waals surface area contributed by atoms with Gasteiger partial charge in [-0.15, -0.1) is 0 Å². The second kappa shape index (κ2) is 5.54. The molecule has 0 saturated carbocycles. The molecule has 0 spiro atoms. The van der Waals surface area contributed by atoms with Crippen LogP contribution in [0.15, 0.2) is 18.2 Å². The van der Waals surface area contributed by atoms with Crippen LogP contribution in [0.3, 0.4) is 0 Å². The standard InChI is InChI=1S/C13H21N3/c1-4-5-8-16(3)12-9-10(2)6-7-11(12)13(14)15/h6-7,9H,4-5,8H2,1-3H3,(H3,14,15). The Kier molecular flexibility index (Phi) is 4.35. The number of hydrogen-bond donors (Lipinski definition) is 2. The lowest BCUT2D eigenvalue weighted by atomic mass is 10.1. The summed E-state index contributed by atoms with van der Waals surface area (Å²) in [5.74, 6) is 0.137. The van der Waals surface area contributed by atoms with Crippen LogP contribution in [0.2, 0.25) is 0 Å². The van der Waals surface area contributed by atoms with Gasteiger partial charge in [-0.1, -0.05) is 19.4 Å². The summed E-state index contributed by atoms with van der Waals surface area (Å²) in [6.45, 7) is 5.23. The lowest BCUT2D eigenvalue weighted by Crippen LogP contribution is -2.23. The van der Waals surface area contributed by atoms with Crippen LogP contribution in [-0.2, 0) is 0 Å². The molecule has 88 valence electrons. The summed E-state index contributed by atoms with van der Waals surface area (Å²) in [6.07, 6.45) is 2.33. The first-order valence-corrected chi connectivity index (χ1v) is 5.72. The number of anilines is 1. The van der Waals surface area contributed by atoms with Crippen molar-refractivity contribution in [1.29, 1.82) is 5.41 Å². The van der Waals surface area contributed by atoms with Gasteiger partial charge in [-0.25, -0.2) is 0 Å². The predicted octanol–water partition coefficient (Wildman–Crippen LogP) is 2.52. The highest BCUT2D eigenvalue weighted by molar-refractivity contribution is 6.00. The van der Waals surface area contributed by atoms with Crippen molar-refractivity contribution >= 4 is 11.5 Å². The van der Waals surface area contributed by atoms with Crippen LogP contribution in [0.1, 0.15) is 30.9 Å². The van der Waals surface area contributed by atoms with Gasteiger partial charge in [0.15, 0.2) is 0 Å². The highest BCUT2D eigenvalue weighted by atomic mass is 15.1. The molecule has 3 nitrogen and oxygen atoms in total. The van der Waals surface area contributed by atoms with Crippen molar-refractivity contribution in [2.75, 3.05) is 18.5 Å². The van der Waals surface area contributed by atoms with Crippen LogP contribution < -0.4 is 10.6 Å². The summed E-state index contributed by atoms with van der Waals surface area (Å²) in [5, 5.41) is 7.57. The van der Waals surface area contributed by atoms with Crippen molar-refractivity contribution in [2.45, 2.75) is 26.7 Å². The van der Waals surface area contributed by atoms with Crippen molar-refractivity contribution in [3.8, 4) is 0 Å². The molecule has 0 saturated heterocycles. The Labute approximate surface area is 97.8 Å². The van der Waals surface area contributed by atoms with Gasteiger partial charge in [0.2, 0.25) is 0 Å². The highest BCUT2D eigenvalue weighted by Gasteiger charge is 2.09. The van der Waals surface area contributed by atoms with E-state index in [4.69, 9.17) is 11.1 Å². The van der Waals surface area contributed by atoms with E-state index in [0.717, 1.165) is 24.2 Å². The van der Waals surface area contributed by atoms with Gasteiger partial charge >= 0.3 is 0 Å². The Balaban J connectivity index is 2.99. The minimum absolute atomic E-state index is 0.137. The van der Waals surface area contributed by atoms with E-state index in [1.165, 1.54) is 12.0 Å². The summed E-state index contributed by atoms with van der Waals surface area (Å²) in [5.41, 5.74) is 8.67. The molecule has 0 atom stereocenters. The zero-order valence-electron chi connectivity index (χ0n) is 10.4. The maximum absolute atomic E-state index is 7.57. The molecule has 1 aromatic rings. The van der Waals surface area contributed by atoms with Crippen molar-refractivity contribution in [3.05, 3.63) is 29.3 Å². The summed E-state index contributed by atoms with van der Waals surface area (Å²) < 4.78 is 0. The number of benzene rings is 1. The van der Waals surface area contributed by atoms with Gasteiger partial charge in [0.25, 0.3) is 0 Å². The van der Waals surface area contributed by atoms with Crippen LogP contribution in [0.5, 0.6) is 0 Å². The van der Waals surface area contributed by atoms with Crippen molar-refractivity contribution in [3.63, 3.8) is 0 Å². The Morgan fingerprint density at radius 1 is 1.44 bits per heavy atom. The molecule has 0 aliphatic rings. The summed E-state index contributed by atoms with van der Waals surface area (Å²) in [6, 6.07) is 6.01. The molecular formula is C13H21N3. The molecule has 0 heterocycles. The number of hydrogen-bond acceptors (Lipinski definition) is 2. The van der Waals surface area contributed by atoms with Gasteiger partial charge in [0.1, 0.15) is 5.84 Å². The third-order valence-corrected chi connectivity index (χ3v) is 2.70. The van der Waals surface area contributed by atoms with Gasteiger partial charge < -0.3 is 10.6 Å². The second-order valence-corrected chi connectivity index (χ2v) is 4.21. The molecule has 0 amide bonds. The van der Waals surface area contributed by atoms with E-state index in [1.54, 1.807) is 0 Å². The Morgan fingerprint density at radius 3 is 2.69 bits per heavy atom. The van der Waals surface area contributed by atoms with Crippen LogP contribution in [0.25, 0.3) is 0 Å². The molecular weight excluding hydrogens is 198 g/mol. The van der Waals surface area contributed by atoms with Crippen LogP contribution in [0, 0.1) is 12.3 Å². The van der Waals surface area contributed by atoms with Crippen LogP contribution in [0.4, 0.5) is 5.69 Å². The highest BCUT2D eigenvalue weighted by Crippen LogP contribution is 2.21. The van der Waals surface area contributed by atoms with E-state index in [2.05, 4.69) is 31.9 Å². The number of nitrogen functional groups attached to an aromatic ring is 1. The first kappa shape index (κ1) is 12.6. The van der Waals surface area contributed by atoms with E-state index in [-0.39, 0.29) is 5.84 Å². The number of nitrogens with one attached hydrogen (secondary N) is 1. The lowest BCUT2D eigenvalue weighted by molar-refractivity contribution is 0.766. The van der Waals surface area contributed by atoms with Gasteiger partial charge in [-0.3, -0.25) is 5.41 Å². The Hall–Kier alpha value is -1.51. The fourth-order valence-corrected chi connectivity index (χ4v) is 1.70.